The molecule has 1 aromatic carbocycles. The van der Waals surface area contributed by atoms with E-state index in [1.165, 1.54) is 16.7 Å². The van der Waals surface area contributed by atoms with Crippen LogP contribution in [0.5, 0.6) is 0 Å². The number of carboxylic acids is 1. The van der Waals surface area contributed by atoms with E-state index in [0.29, 0.717) is 5.52 Å². The zero-order valence-electron chi connectivity index (χ0n) is 7.99. The van der Waals surface area contributed by atoms with Crippen molar-refractivity contribution in [2.75, 3.05) is 5.73 Å². The highest BCUT2D eigenvalue weighted by molar-refractivity contribution is 6.05. The van der Waals surface area contributed by atoms with Crippen LogP contribution in [0, 0.1) is 5.82 Å². The second-order valence-corrected chi connectivity index (χ2v) is 3.26. The molecule has 1 aromatic heterocycles. The minimum Gasteiger partial charge on any atom is -0.477 e. The van der Waals surface area contributed by atoms with Crippen molar-refractivity contribution < 1.29 is 14.3 Å². The van der Waals surface area contributed by atoms with Gasteiger partial charge in [-0.2, -0.15) is 0 Å². The van der Waals surface area contributed by atoms with Crippen LogP contribution in [-0.2, 0) is 7.05 Å². The van der Waals surface area contributed by atoms with Crippen LogP contribution in [0.3, 0.4) is 0 Å². The Morgan fingerprint density at radius 1 is 1.53 bits per heavy atom. The number of carbonyl (C=O) groups is 1. The predicted octanol–water partition coefficient (Wildman–Crippen LogP) is 1.60. The van der Waals surface area contributed by atoms with Crippen LogP contribution in [0.15, 0.2) is 18.2 Å². The second-order valence-electron chi connectivity index (χ2n) is 3.26. The zero-order valence-corrected chi connectivity index (χ0v) is 7.99. The molecule has 0 bridgehead atoms. The smallest absolute Gasteiger partial charge is 0.354 e. The fourth-order valence-electron chi connectivity index (χ4n) is 1.74. The van der Waals surface area contributed by atoms with Gasteiger partial charge in [-0.3, -0.25) is 0 Å². The molecule has 0 saturated heterocycles. The van der Waals surface area contributed by atoms with Crippen molar-refractivity contribution in [2.24, 2.45) is 7.05 Å². The number of aromatic nitrogens is 1. The highest BCUT2D eigenvalue weighted by Gasteiger charge is 2.20. The van der Waals surface area contributed by atoms with Gasteiger partial charge >= 0.3 is 5.97 Å². The summed E-state index contributed by atoms with van der Waals surface area (Å²) in [4.78, 5) is 10.9. The summed E-state index contributed by atoms with van der Waals surface area (Å²) in [5, 5.41) is 9.08. The number of fused-ring (bicyclic) bond motifs is 1. The number of aryl methyl sites for hydroxylation is 1. The van der Waals surface area contributed by atoms with E-state index in [2.05, 4.69) is 0 Å². The van der Waals surface area contributed by atoms with Crippen molar-refractivity contribution in [1.29, 1.82) is 0 Å². The summed E-state index contributed by atoms with van der Waals surface area (Å²) in [6.45, 7) is 0. The number of hydrogen-bond donors (Lipinski definition) is 2. The number of halogens is 1. The van der Waals surface area contributed by atoms with Gasteiger partial charge in [0.15, 0.2) is 5.69 Å². The van der Waals surface area contributed by atoms with E-state index < -0.39 is 11.8 Å². The van der Waals surface area contributed by atoms with Crippen LogP contribution >= 0.6 is 0 Å². The first-order valence-electron chi connectivity index (χ1n) is 4.29. The van der Waals surface area contributed by atoms with Gasteiger partial charge in [0, 0.05) is 7.05 Å². The minimum atomic E-state index is -1.16. The van der Waals surface area contributed by atoms with Gasteiger partial charge in [0.05, 0.1) is 16.6 Å². The van der Waals surface area contributed by atoms with E-state index in [4.69, 9.17) is 10.8 Å². The third kappa shape index (κ3) is 1.16. The highest BCUT2D eigenvalue weighted by atomic mass is 19.1. The monoisotopic (exact) mass is 208 g/mol. The molecule has 5 heteroatoms. The molecule has 1 heterocycles. The number of nitrogens with two attached hydrogens (primary N) is 1. The minimum absolute atomic E-state index is 0.0295. The summed E-state index contributed by atoms with van der Waals surface area (Å²) in [5.41, 5.74) is 5.96. The molecule has 0 aliphatic carbocycles. The van der Waals surface area contributed by atoms with E-state index in [0.717, 1.165) is 0 Å². The normalized spacial score (nSPS) is 10.8. The summed E-state index contributed by atoms with van der Waals surface area (Å²) < 4.78 is 14.8. The molecule has 4 nitrogen and oxygen atoms in total. The Morgan fingerprint density at radius 2 is 2.20 bits per heavy atom. The molecule has 2 rings (SSSR count). The van der Waals surface area contributed by atoms with Gasteiger partial charge in [-0.25, -0.2) is 9.18 Å². The number of rotatable bonds is 1. The fourth-order valence-corrected chi connectivity index (χ4v) is 1.74. The van der Waals surface area contributed by atoms with E-state index in [-0.39, 0.29) is 16.8 Å². The highest BCUT2D eigenvalue weighted by Crippen LogP contribution is 2.29. The number of benzene rings is 1. The van der Waals surface area contributed by atoms with Gasteiger partial charge in [0.25, 0.3) is 0 Å². The number of nitrogen functional groups attached to an aromatic ring is 1. The summed E-state index contributed by atoms with van der Waals surface area (Å²) in [7, 11) is 1.54. The van der Waals surface area contributed by atoms with E-state index >= 15 is 0 Å². The fraction of sp³-hybridized carbons (Fsp3) is 0.100. The molecule has 0 unspecified atom stereocenters. The van der Waals surface area contributed by atoms with Crippen molar-refractivity contribution >= 4 is 22.6 Å². The Morgan fingerprint density at radius 3 is 2.73 bits per heavy atom. The first-order valence-corrected chi connectivity index (χ1v) is 4.29. The Labute approximate surface area is 84.7 Å². The lowest BCUT2D eigenvalue weighted by Crippen LogP contribution is -2.06. The largest absolute Gasteiger partial charge is 0.477 e. The topological polar surface area (TPSA) is 68.2 Å². The summed E-state index contributed by atoms with van der Waals surface area (Å²) >= 11 is 0. The van der Waals surface area contributed by atoms with Gasteiger partial charge in [-0.1, -0.05) is 6.07 Å². The lowest BCUT2D eigenvalue weighted by atomic mass is 10.2. The van der Waals surface area contributed by atoms with Crippen LogP contribution in [0.2, 0.25) is 0 Å². The third-order valence-electron chi connectivity index (χ3n) is 2.42. The molecule has 0 spiro atoms. The average Bonchev–Trinajstić information content (AvgIpc) is 2.40. The van der Waals surface area contributed by atoms with Gasteiger partial charge in [0.1, 0.15) is 5.82 Å². The number of carboxylic acid groups (broad SMARTS) is 1. The van der Waals surface area contributed by atoms with Crippen molar-refractivity contribution in [3.8, 4) is 0 Å². The van der Waals surface area contributed by atoms with Crippen LogP contribution in [0.25, 0.3) is 10.9 Å². The molecule has 0 fully saturated rings. The molecule has 0 amide bonds. The molecular weight excluding hydrogens is 199 g/mol. The summed E-state index contributed by atoms with van der Waals surface area (Å²) in [6.07, 6.45) is 0. The Kier molecular flexibility index (Phi) is 1.89. The predicted molar refractivity (Wildman–Crippen MR) is 54.2 cm³/mol. The molecule has 0 aliphatic rings. The Hall–Kier alpha value is -2.04. The maximum atomic E-state index is 13.4. The summed E-state index contributed by atoms with van der Waals surface area (Å²) in [6, 6.07) is 4.40. The third-order valence-corrected chi connectivity index (χ3v) is 2.42. The van der Waals surface area contributed by atoms with Gasteiger partial charge in [0.2, 0.25) is 0 Å². The number of nitrogens with zero attached hydrogens (tertiary/aromatic N) is 1. The lowest BCUT2D eigenvalue weighted by Gasteiger charge is -1.98. The number of hydrogen-bond acceptors (Lipinski definition) is 2. The average molecular weight is 208 g/mol. The maximum Gasteiger partial charge on any atom is 0.354 e. The van der Waals surface area contributed by atoms with E-state index in [1.54, 1.807) is 13.1 Å². The van der Waals surface area contributed by atoms with Crippen molar-refractivity contribution in [1.82, 2.24) is 4.57 Å². The van der Waals surface area contributed by atoms with Crippen molar-refractivity contribution in [3.05, 3.63) is 29.7 Å². The van der Waals surface area contributed by atoms with Crippen LogP contribution in [-0.4, -0.2) is 15.6 Å². The van der Waals surface area contributed by atoms with Crippen LogP contribution in [0.4, 0.5) is 10.1 Å². The molecule has 0 aliphatic heterocycles. The SMILES string of the molecule is Cn1c(C(=O)O)c(N)c2c(F)cccc21. The van der Waals surface area contributed by atoms with Gasteiger partial charge in [-0.15, -0.1) is 0 Å². The van der Waals surface area contributed by atoms with E-state index in [9.17, 15) is 9.18 Å². The first kappa shape index (κ1) is 9.51. The number of anilines is 1. The van der Waals surface area contributed by atoms with Crippen molar-refractivity contribution in [2.45, 2.75) is 0 Å². The molecule has 0 atom stereocenters. The maximum absolute atomic E-state index is 13.4. The number of aromatic carboxylic acids is 1. The van der Waals surface area contributed by atoms with E-state index in [1.807, 2.05) is 0 Å². The standard InChI is InChI=1S/C10H9FN2O2/c1-13-6-4-2-3-5(11)7(6)8(12)9(13)10(14)15/h2-4H,12H2,1H3,(H,14,15). The Balaban J connectivity index is 2.98. The molecule has 0 saturated carbocycles. The quantitative estimate of drug-likeness (QED) is 0.747. The molecule has 78 valence electrons. The molecular formula is C10H9FN2O2. The Bertz CT molecular complexity index is 560. The lowest BCUT2D eigenvalue weighted by molar-refractivity contribution is 0.0688. The van der Waals surface area contributed by atoms with Gasteiger partial charge in [-0.05, 0) is 12.1 Å². The second kappa shape index (κ2) is 2.98. The van der Waals surface area contributed by atoms with Crippen molar-refractivity contribution in [3.63, 3.8) is 0 Å². The van der Waals surface area contributed by atoms with Crippen LogP contribution in [0.1, 0.15) is 10.5 Å². The summed E-state index contributed by atoms with van der Waals surface area (Å²) in [5.74, 6) is -1.67. The molecule has 3 N–H and O–H groups in total. The van der Waals surface area contributed by atoms with Gasteiger partial charge < -0.3 is 15.4 Å². The first-order chi connectivity index (χ1) is 7.04. The zero-order chi connectivity index (χ0) is 11.2. The molecule has 2 aromatic rings. The van der Waals surface area contributed by atoms with Crippen LogP contribution < -0.4 is 5.73 Å². The molecule has 15 heavy (non-hydrogen) atoms. The molecule has 0 radical (unpaired) electrons.